The summed E-state index contributed by atoms with van der Waals surface area (Å²) >= 11 is 1.50. The summed E-state index contributed by atoms with van der Waals surface area (Å²) in [5.41, 5.74) is 12.8. The Kier molecular flexibility index (Phi) is 15.7. The molecule has 0 saturated heterocycles. The van der Waals surface area contributed by atoms with E-state index in [1.807, 2.05) is 20.1 Å². The maximum Gasteiger partial charge on any atom is 0.269 e. The quantitative estimate of drug-likeness (QED) is 0.0915. The number of thioether (sulfide) groups is 1. The zero-order chi connectivity index (χ0) is 34.2. The van der Waals surface area contributed by atoms with Gasteiger partial charge >= 0.3 is 0 Å². The van der Waals surface area contributed by atoms with Crippen LogP contribution in [0.5, 0.6) is 0 Å². The average Bonchev–Trinajstić information content (AvgIpc) is 3.01. The first-order valence-corrected chi connectivity index (χ1v) is 16.2. The lowest BCUT2D eigenvalue weighted by molar-refractivity contribution is -0.384. The molecule has 0 bridgehead atoms. The third-order valence-electron chi connectivity index (χ3n) is 6.91. The number of hydrogen-bond acceptors (Lipinski definition) is 9. The zero-order valence-electron chi connectivity index (χ0n) is 26.2. The van der Waals surface area contributed by atoms with Crippen LogP contribution in [0.4, 0.5) is 5.69 Å². The number of nitro benzene ring substituents is 1. The van der Waals surface area contributed by atoms with Gasteiger partial charge in [0.05, 0.1) is 17.5 Å². The predicted molar refractivity (Wildman–Crippen MR) is 175 cm³/mol. The molecule has 8 N–H and O–H groups in total. The van der Waals surface area contributed by atoms with E-state index in [0.29, 0.717) is 17.7 Å². The van der Waals surface area contributed by atoms with Gasteiger partial charge in [-0.15, -0.1) is 0 Å². The van der Waals surface area contributed by atoms with Gasteiger partial charge in [-0.2, -0.15) is 11.8 Å². The van der Waals surface area contributed by atoms with E-state index in [2.05, 4.69) is 21.3 Å². The normalized spacial score (nSPS) is 13.5. The lowest BCUT2D eigenvalue weighted by Gasteiger charge is -2.24. The molecule has 0 fully saturated rings. The van der Waals surface area contributed by atoms with Gasteiger partial charge in [0.1, 0.15) is 18.1 Å². The van der Waals surface area contributed by atoms with Gasteiger partial charge in [0.25, 0.3) is 5.69 Å². The maximum absolute atomic E-state index is 13.2. The summed E-state index contributed by atoms with van der Waals surface area (Å²) in [6, 6.07) is 10.5. The number of non-ortho nitro benzene ring substituents is 1. The van der Waals surface area contributed by atoms with Gasteiger partial charge in [-0.1, -0.05) is 56.3 Å². The third-order valence-corrected chi connectivity index (χ3v) is 7.55. The highest BCUT2D eigenvalue weighted by Crippen LogP contribution is 2.13. The zero-order valence-corrected chi connectivity index (χ0v) is 27.0. The van der Waals surface area contributed by atoms with Crippen molar-refractivity contribution >= 4 is 47.0 Å². The molecule has 4 atom stereocenters. The van der Waals surface area contributed by atoms with Crippen molar-refractivity contribution in [1.82, 2.24) is 21.3 Å². The van der Waals surface area contributed by atoms with Gasteiger partial charge in [-0.3, -0.25) is 34.1 Å². The minimum atomic E-state index is -1.09. The van der Waals surface area contributed by atoms with Crippen LogP contribution in [0.25, 0.3) is 0 Å². The summed E-state index contributed by atoms with van der Waals surface area (Å²) in [5, 5.41) is 21.3. The van der Waals surface area contributed by atoms with Crippen molar-refractivity contribution in [1.29, 1.82) is 0 Å². The van der Waals surface area contributed by atoms with Crippen LogP contribution in [0.2, 0.25) is 0 Å². The minimum absolute atomic E-state index is 0.0181. The SMILES string of the molecule is CSCC[C@H](NC(=O)[C@H](CC(C)C)NC(=O)CNC(=O)[C@H](Cc1ccccc1)NC(=O)[C@@H](N)Cc1ccc([N+](=O)[O-])cc1)C(N)=O. The molecule has 0 radical (unpaired) electrons. The van der Waals surface area contributed by atoms with Gasteiger partial charge in [0.2, 0.25) is 29.5 Å². The molecule has 2 aromatic rings. The first kappa shape index (κ1) is 37.7. The lowest BCUT2D eigenvalue weighted by Crippen LogP contribution is -2.56. The van der Waals surface area contributed by atoms with Crippen molar-refractivity contribution in [3.05, 3.63) is 75.8 Å². The molecule has 0 saturated carbocycles. The number of primary amides is 1. The van der Waals surface area contributed by atoms with Crippen molar-refractivity contribution in [2.75, 3.05) is 18.6 Å². The molecule has 0 aromatic heterocycles. The summed E-state index contributed by atoms with van der Waals surface area (Å²) < 4.78 is 0. The highest BCUT2D eigenvalue weighted by molar-refractivity contribution is 7.98. The van der Waals surface area contributed by atoms with Crippen molar-refractivity contribution in [3.63, 3.8) is 0 Å². The smallest absolute Gasteiger partial charge is 0.269 e. The molecule has 0 aliphatic carbocycles. The molecule has 2 aromatic carbocycles. The Balaban J connectivity index is 2.07. The Hall–Kier alpha value is -4.50. The van der Waals surface area contributed by atoms with Crippen LogP contribution in [-0.4, -0.2) is 77.2 Å². The fraction of sp³-hybridized carbons (Fsp3) is 0.452. The maximum atomic E-state index is 13.2. The number of carbonyl (C=O) groups excluding carboxylic acids is 5. The molecule has 0 aliphatic rings. The second-order valence-corrected chi connectivity index (χ2v) is 12.2. The Bertz CT molecular complexity index is 1340. The first-order chi connectivity index (χ1) is 21.8. The van der Waals surface area contributed by atoms with E-state index in [9.17, 15) is 34.1 Å². The number of rotatable bonds is 19. The molecule has 0 unspecified atom stereocenters. The number of nitrogens with one attached hydrogen (secondary N) is 4. The van der Waals surface area contributed by atoms with Crippen LogP contribution in [0.1, 0.15) is 37.8 Å². The van der Waals surface area contributed by atoms with E-state index >= 15 is 0 Å². The Labute approximate surface area is 272 Å². The van der Waals surface area contributed by atoms with Crippen LogP contribution < -0.4 is 32.7 Å². The molecule has 0 aliphatic heterocycles. The van der Waals surface area contributed by atoms with Gasteiger partial charge in [-0.05, 0) is 48.3 Å². The van der Waals surface area contributed by atoms with Crippen molar-refractivity contribution in [2.45, 2.75) is 63.7 Å². The van der Waals surface area contributed by atoms with E-state index in [-0.39, 0.29) is 30.9 Å². The van der Waals surface area contributed by atoms with E-state index in [0.717, 1.165) is 5.56 Å². The van der Waals surface area contributed by atoms with E-state index in [4.69, 9.17) is 11.5 Å². The molecular weight excluding hydrogens is 614 g/mol. The molecule has 2 rings (SSSR count). The molecule has 250 valence electrons. The monoisotopic (exact) mass is 657 g/mol. The number of carbonyl (C=O) groups is 5. The summed E-state index contributed by atoms with van der Waals surface area (Å²) in [4.78, 5) is 74.3. The Morgan fingerprint density at radius 1 is 0.826 bits per heavy atom. The van der Waals surface area contributed by atoms with Crippen LogP contribution in [-0.2, 0) is 36.8 Å². The van der Waals surface area contributed by atoms with E-state index in [1.165, 1.54) is 36.0 Å². The number of benzene rings is 2. The summed E-state index contributed by atoms with van der Waals surface area (Å²) in [7, 11) is 0. The molecule has 14 nitrogen and oxygen atoms in total. The molecular formula is C31H43N7O7S. The Morgan fingerprint density at radius 2 is 1.43 bits per heavy atom. The Morgan fingerprint density at radius 3 is 2.00 bits per heavy atom. The molecule has 46 heavy (non-hydrogen) atoms. The van der Waals surface area contributed by atoms with Gasteiger partial charge in [-0.25, -0.2) is 0 Å². The second-order valence-electron chi connectivity index (χ2n) is 11.2. The summed E-state index contributed by atoms with van der Waals surface area (Å²) in [6.07, 6.45) is 2.65. The van der Waals surface area contributed by atoms with Crippen LogP contribution in [0, 0.1) is 16.0 Å². The summed E-state index contributed by atoms with van der Waals surface area (Å²) in [6.45, 7) is 3.26. The number of nitrogens with zero attached hydrogens (tertiary/aromatic N) is 1. The first-order valence-electron chi connectivity index (χ1n) is 14.8. The van der Waals surface area contributed by atoms with E-state index < -0.39 is 65.2 Å². The van der Waals surface area contributed by atoms with Crippen molar-refractivity contribution in [2.24, 2.45) is 17.4 Å². The highest BCUT2D eigenvalue weighted by Gasteiger charge is 2.28. The molecule has 15 heteroatoms. The van der Waals surface area contributed by atoms with Gasteiger partial charge < -0.3 is 32.7 Å². The number of nitrogens with two attached hydrogens (primary N) is 2. The largest absolute Gasteiger partial charge is 0.368 e. The minimum Gasteiger partial charge on any atom is -0.368 e. The molecule has 0 spiro atoms. The third kappa shape index (κ3) is 13.2. The average molecular weight is 658 g/mol. The van der Waals surface area contributed by atoms with Crippen molar-refractivity contribution in [3.8, 4) is 0 Å². The number of hydrogen-bond donors (Lipinski definition) is 6. The predicted octanol–water partition coefficient (Wildman–Crippen LogP) is 0.562. The van der Waals surface area contributed by atoms with Gasteiger partial charge in [0, 0.05) is 18.6 Å². The van der Waals surface area contributed by atoms with Crippen molar-refractivity contribution < 1.29 is 28.9 Å². The topological polar surface area (TPSA) is 229 Å². The van der Waals surface area contributed by atoms with Gasteiger partial charge in [0.15, 0.2) is 0 Å². The molecule has 5 amide bonds. The second kappa shape index (κ2) is 19.1. The summed E-state index contributed by atoms with van der Waals surface area (Å²) in [5.74, 6) is -2.54. The van der Waals surface area contributed by atoms with E-state index in [1.54, 1.807) is 30.3 Å². The number of nitro groups is 1. The highest BCUT2D eigenvalue weighted by atomic mass is 32.2. The number of amides is 5. The molecule has 0 heterocycles. The lowest BCUT2D eigenvalue weighted by atomic mass is 10.0. The van der Waals surface area contributed by atoms with Crippen LogP contribution in [0.3, 0.4) is 0 Å². The fourth-order valence-electron chi connectivity index (χ4n) is 4.47. The standard InChI is InChI=1S/C31H43N7O7S/c1-19(2)15-25(31(43)36-24(28(33)40)13-14-46-3)35-27(39)18-34-30(42)26(17-20-7-5-4-6-8-20)37-29(41)23(32)16-21-9-11-22(12-10-21)38(44)45/h4-12,19,23-26H,13-18,32H2,1-3H3,(H2,33,40)(H,34,42)(H,35,39)(H,36,43)(H,37,41)/t23-,24-,25-,26-/m0/s1. The van der Waals surface area contributed by atoms with Crippen LogP contribution >= 0.6 is 11.8 Å². The fourth-order valence-corrected chi connectivity index (χ4v) is 4.94. The van der Waals surface area contributed by atoms with Crippen LogP contribution in [0.15, 0.2) is 54.6 Å².